The lowest BCUT2D eigenvalue weighted by Crippen LogP contribution is -2.25. The molecule has 2 rings (SSSR count). The molecule has 0 bridgehead atoms. The molecular weight excluding hydrogens is 284 g/mol. The van der Waals surface area contributed by atoms with Crippen LogP contribution in [-0.4, -0.2) is 23.0 Å². The number of aromatic nitrogens is 1. The molecule has 1 N–H and O–H groups in total. The van der Waals surface area contributed by atoms with E-state index in [2.05, 4.69) is 44.1 Å². The molecule has 1 aliphatic heterocycles. The van der Waals surface area contributed by atoms with Gasteiger partial charge in [0, 0.05) is 17.2 Å². The van der Waals surface area contributed by atoms with Crippen LogP contribution in [0.5, 0.6) is 0 Å². The van der Waals surface area contributed by atoms with E-state index in [9.17, 15) is 0 Å². The zero-order valence-electron chi connectivity index (χ0n) is 9.29. The van der Waals surface area contributed by atoms with Crippen molar-refractivity contribution in [3.05, 3.63) is 28.5 Å². The van der Waals surface area contributed by atoms with E-state index in [4.69, 9.17) is 0 Å². The van der Waals surface area contributed by atoms with Crippen molar-refractivity contribution in [2.24, 2.45) is 5.92 Å². The van der Waals surface area contributed by atoms with E-state index in [1.54, 1.807) is 0 Å². The monoisotopic (exact) mass is 300 g/mol. The first-order valence-corrected chi connectivity index (χ1v) is 7.68. The van der Waals surface area contributed by atoms with Gasteiger partial charge in [-0.05, 0) is 64.9 Å². The van der Waals surface area contributed by atoms with Gasteiger partial charge in [-0.3, -0.25) is 4.98 Å². The van der Waals surface area contributed by atoms with Gasteiger partial charge in [-0.15, -0.1) is 0 Å². The Balaban J connectivity index is 1.69. The van der Waals surface area contributed by atoms with Gasteiger partial charge in [0.2, 0.25) is 0 Å². The van der Waals surface area contributed by atoms with Crippen molar-refractivity contribution in [1.29, 1.82) is 0 Å². The molecule has 16 heavy (non-hydrogen) atoms. The molecule has 0 unspecified atom stereocenters. The second kappa shape index (κ2) is 6.62. The summed E-state index contributed by atoms with van der Waals surface area (Å²) in [5.74, 6) is 3.54. The van der Waals surface area contributed by atoms with Gasteiger partial charge in [0.15, 0.2) is 0 Å². The van der Waals surface area contributed by atoms with Gasteiger partial charge in [-0.2, -0.15) is 11.8 Å². The summed E-state index contributed by atoms with van der Waals surface area (Å²) in [4.78, 5) is 4.35. The van der Waals surface area contributed by atoms with E-state index in [0.717, 1.165) is 29.2 Å². The summed E-state index contributed by atoms with van der Waals surface area (Å²) in [6.07, 6.45) is 4.59. The Hall–Kier alpha value is -0.0600. The maximum absolute atomic E-state index is 4.35. The van der Waals surface area contributed by atoms with Gasteiger partial charge in [0.05, 0.1) is 5.69 Å². The average molecular weight is 301 g/mol. The third-order valence-corrected chi connectivity index (χ3v) is 4.39. The number of halogens is 1. The lowest BCUT2D eigenvalue weighted by molar-refractivity contribution is 0.446. The molecule has 0 atom stereocenters. The molecule has 4 heteroatoms. The fourth-order valence-electron chi connectivity index (χ4n) is 1.87. The fourth-order valence-corrected chi connectivity index (χ4v) is 3.30. The number of pyridine rings is 1. The molecule has 1 aliphatic rings. The third-order valence-electron chi connectivity index (χ3n) is 2.87. The lowest BCUT2D eigenvalue weighted by atomic mass is 10.0. The van der Waals surface area contributed by atoms with E-state index in [-0.39, 0.29) is 0 Å². The third kappa shape index (κ3) is 4.07. The van der Waals surface area contributed by atoms with Crippen LogP contribution < -0.4 is 5.32 Å². The minimum Gasteiger partial charge on any atom is -0.311 e. The SMILES string of the molecule is Brc1ccc(CNCC2CCSCC2)nc1. The van der Waals surface area contributed by atoms with E-state index in [1.165, 1.54) is 24.3 Å². The van der Waals surface area contributed by atoms with Crippen molar-refractivity contribution in [2.45, 2.75) is 19.4 Å². The van der Waals surface area contributed by atoms with E-state index in [1.807, 2.05) is 12.3 Å². The molecule has 0 saturated carbocycles. The Kier molecular flexibility index (Phi) is 5.13. The summed E-state index contributed by atoms with van der Waals surface area (Å²) in [6.45, 7) is 2.02. The van der Waals surface area contributed by atoms with Gasteiger partial charge >= 0.3 is 0 Å². The molecule has 0 aliphatic carbocycles. The zero-order chi connectivity index (χ0) is 11.2. The highest BCUT2D eigenvalue weighted by Gasteiger charge is 2.12. The molecule has 0 spiro atoms. The van der Waals surface area contributed by atoms with Crippen molar-refractivity contribution in [3.8, 4) is 0 Å². The minimum absolute atomic E-state index is 0.872. The van der Waals surface area contributed by atoms with Crippen LogP contribution in [0.1, 0.15) is 18.5 Å². The molecule has 1 aromatic rings. The normalized spacial score (nSPS) is 17.6. The Morgan fingerprint density at radius 3 is 2.88 bits per heavy atom. The van der Waals surface area contributed by atoms with Crippen LogP contribution in [-0.2, 0) is 6.54 Å². The van der Waals surface area contributed by atoms with Crippen LogP contribution in [0.2, 0.25) is 0 Å². The molecule has 1 saturated heterocycles. The average Bonchev–Trinajstić information content (AvgIpc) is 2.33. The number of rotatable bonds is 4. The Morgan fingerprint density at radius 2 is 2.19 bits per heavy atom. The van der Waals surface area contributed by atoms with Crippen molar-refractivity contribution in [3.63, 3.8) is 0 Å². The first-order chi connectivity index (χ1) is 7.84. The van der Waals surface area contributed by atoms with Gasteiger partial charge in [0.1, 0.15) is 0 Å². The van der Waals surface area contributed by atoms with Crippen molar-refractivity contribution < 1.29 is 0 Å². The van der Waals surface area contributed by atoms with Crippen molar-refractivity contribution >= 4 is 27.7 Å². The molecule has 2 heterocycles. The van der Waals surface area contributed by atoms with Gasteiger partial charge in [-0.25, -0.2) is 0 Å². The highest BCUT2D eigenvalue weighted by atomic mass is 79.9. The molecule has 1 fully saturated rings. The summed E-state index contributed by atoms with van der Waals surface area (Å²) >= 11 is 5.48. The molecule has 2 nitrogen and oxygen atoms in total. The maximum atomic E-state index is 4.35. The van der Waals surface area contributed by atoms with Crippen LogP contribution in [0.3, 0.4) is 0 Å². The highest BCUT2D eigenvalue weighted by Crippen LogP contribution is 2.21. The predicted octanol–water partition coefficient (Wildman–Crippen LogP) is 3.08. The molecule has 0 amide bonds. The molecule has 0 aromatic carbocycles. The summed E-state index contributed by atoms with van der Waals surface area (Å²) < 4.78 is 1.04. The van der Waals surface area contributed by atoms with E-state index in [0.29, 0.717) is 0 Å². The van der Waals surface area contributed by atoms with Gasteiger partial charge in [0.25, 0.3) is 0 Å². The van der Waals surface area contributed by atoms with Crippen LogP contribution in [0, 0.1) is 5.92 Å². The quantitative estimate of drug-likeness (QED) is 0.925. The second-order valence-corrected chi connectivity index (χ2v) is 6.29. The van der Waals surface area contributed by atoms with Crippen LogP contribution >= 0.6 is 27.7 Å². The van der Waals surface area contributed by atoms with Crippen LogP contribution in [0.25, 0.3) is 0 Å². The maximum Gasteiger partial charge on any atom is 0.0542 e. The van der Waals surface area contributed by atoms with Crippen molar-refractivity contribution in [1.82, 2.24) is 10.3 Å². The smallest absolute Gasteiger partial charge is 0.0542 e. The zero-order valence-corrected chi connectivity index (χ0v) is 11.7. The van der Waals surface area contributed by atoms with E-state index >= 15 is 0 Å². The summed E-state index contributed by atoms with van der Waals surface area (Å²) in [5, 5.41) is 3.50. The number of nitrogens with one attached hydrogen (secondary N) is 1. The van der Waals surface area contributed by atoms with Crippen LogP contribution in [0.15, 0.2) is 22.8 Å². The van der Waals surface area contributed by atoms with E-state index < -0.39 is 0 Å². The standard InChI is InChI=1S/C12H17BrN2S/c13-11-1-2-12(15-8-11)9-14-7-10-3-5-16-6-4-10/h1-2,8,10,14H,3-7,9H2. The Morgan fingerprint density at radius 1 is 1.38 bits per heavy atom. The first-order valence-electron chi connectivity index (χ1n) is 5.73. The fraction of sp³-hybridized carbons (Fsp3) is 0.583. The summed E-state index contributed by atoms with van der Waals surface area (Å²) in [6, 6.07) is 4.11. The molecule has 0 radical (unpaired) electrons. The minimum atomic E-state index is 0.872. The van der Waals surface area contributed by atoms with Gasteiger partial charge < -0.3 is 5.32 Å². The number of nitrogens with zero attached hydrogens (tertiary/aromatic N) is 1. The number of thioether (sulfide) groups is 1. The molecule has 1 aromatic heterocycles. The Bertz CT molecular complexity index is 309. The number of hydrogen-bond acceptors (Lipinski definition) is 3. The molecular formula is C12H17BrN2S. The van der Waals surface area contributed by atoms with Gasteiger partial charge in [-0.1, -0.05) is 0 Å². The first kappa shape index (κ1) is 12.4. The number of hydrogen-bond donors (Lipinski definition) is 1. The van der Waals surface area contributed by atoms with Crippen LogP contribution in [0.4, 0.5) is 0 Å². The highest BCUT2D eigenvalue weighted by molar-refractivity contribution is 9.10. The largest absolute Gasteiger partial charge is 0.311 e. The molecule has 88 valence electrons. The predicted molar refractivity (Wildman–Crippen MR) is 73.7 cm³/mol. The summed E-state index contributed by atoms with van der Waals surface area (Å²) in [5.41, 5.74) is 1.12. The topological polar surface area (TPSA) is 24.9 Å². The Labute approximate surface area is 110 Å². The summed E-state index contributed by atoms with van der Waals surface area (Å²) in [7, 11) is 0. The van der Waals surface area contributed by atoms with Crippen molar-refractivity contribution in [2.75, 3.05) is 18.1 Å². The lowest BCUT2D eigenvalue weighted by Gasteiger charge is -2.21. The second-order valence-electron chi connectivity index (χ2n) is 4.15.